The molecule has 0 amide bonds. The SMILES string of the molecule is CCC(C#N)=C(N)c1csc(Br)c1. The van der Waals surface area contributed by atoms with Gasteiger partial charge in [-0.1, -0.05) is 6.92 Å². The van der Waals surface area contributed by atoms with Gasteiger partial charge in [-0.05, 0) is 28.4 Å². The Hall–Kier alpha value is -0.790. The minimum atomic E-state index is 0.590. The smallest absolute Gasteiger partial charge is 0.0968 e. The zero-order valence-electron chi connectivity index (χ0n) is 7.17. The molecule has 0 aliphatic heterocycles. The van der Waals surface area contributed by atoms with Gasteiger partial charge in [0.1, 0.15) is 0 Å². The van der Waals surface area contributed by atoms with Crippen LogP contribution in [0.1, 0.15) is 18.9 Å². The molecule has 0 bridgehead atoms. The molecule has 0 spiro atoms. The average Bonchev–Trinajstić information content (AvgIpc) is 2.54. The molecular formula is C9H9BrN2S. The summed E-state index contributed by atoms with van der Waals surface area (Å²) in [7, 11) is 0. The fraction of sp³-hybridized carbons (Fsp3) is 0.222. The van der Waals surface area contributed by atoms with Crippen molar-refractivity contribution >= 4 is 33.0 Å². The van der Waals surface area contributed by atoms with Crippen molar-refractivity contribution in [2.45, 2.75) is 13.3 Å². The van der Waals surface area contributed by atoms with Crippen molar-refractivity contribution in [3.8, 4) is 6.07 Å². The first-order valence-electron chi connectivity index (χ1n) is 3.82. The maximum absolute atomic E-state index is 8.77. The van der Waals surface area contributed by atoms with Crippen LogP contribution in [0, 0.1) is 11.3 Å². The summed E-state index contributed by atoms with van der Waals surface area (Å²) in [5.74, 6) is 0. The summed E-state index contributed by atoms with van der Waals surface area (Å²) in [5, 5.41) is 10.7. The first-order valence-corrected chi connectivity index (χ1v) is 5.49. The predicted octanol–water partition coefficient (Wildman–Crippen LogP) is 3.11. The lowest BCUT2D eigenvalue weighted by Gasteiger charge is -1.99. The number of nitriles is 1. The number of nitrogens with two attached hydrogens (primary N) is 1. The van der Waals surface area contributed by atoms with Gasteiger partial charge in [0.25, 0.3) is 0 Å². The van der Waals surface area contributed by atoms with Gasteiger partial charge < -0.3 is 5.73 Å². The van der Waals surface area contributed by atoms with E-state index >= 15 is 0 Å². The molecule has 13 heavy (non-hydrogen) atoms. The molecule has 0 radical (unpaired) electrons. The Bertz CT molecular complexity index is 373. The Labute approximate surface area is 89.8 Å². The Morgan fingerprint density at radius 1 is 1.77 bits per heavy atom. The van der Waals surface area contributed by atoms with E-state index in [1.54, 1.807) is 11.3 Å². The molecule has 0 aromatic carbocycles. The number of allylic oxidation sites excluding steroid dienone is 1. The summed E-state index contributed by atoms with van der Waals surface area (Å²) in [4.78, 5) is 0. The minimum absolute atomic E-state index is 0.590. The van der Waals surface area contributed by atoms with E-state index in [-0.39, 0.29) is 0 Å². The number of hydrogen-bond donors (Lipinski definition) is 1. The summed E-state index contributed by atoms with van der Waals surface area (Å²) < 4.78 is 1.03. The highest BCUT2D eigenvalue weighted by Gasteiger charge is 2.05. The third-order valence-corrected chi connectivity index (χ3v) is 3.20. The molecular weight excluding hydrogens is 248 g/mol. The molecule has 1 heterocycles. The van der Waals surface area contributed by atoms with Crippen LogP contribution in [0.3, 0.4) is 0 Å². The third kappa shape index (κ3) is 2.33. The predicted molar refractivity (Wildman–Crippen MR) is 59.0 cm³/mol. The van der Waals surface area contributed by atoms with Crippen LogP contribution in [-0.4, -0.2) is 0 Å². The second-order valence-electron chi connectivity index (χ2n) is 2.50. The molecule has 0 aliphatic carbocycles. The van der Waals surface area contributed by atoms with E-state index in [9.17, 15) is 0 Å². The zero-order valence-corrected chi connectivity index (χ0v) is 9.58. The van der Waals surface area contributed by atoms with Crippen molar-refractivity contribution in [1.82, 2.24) is 0 Å². The van der Waals surface area contributed by atoms with Gasteiger partial charge in [-0.15, -0.1) is 11.3 Å². The van der Waals surface area contributed by atoms with Crippen LogP contribution in [0.2, 0.25) is 0 Å². The molecule has 68 valence electrons. The maximum Gasteiger partial charge on any atom is 0.0968 e. The van der Waals surface area contributed by atoms with E-state index in [0.717, 1.165) is 9.35 Å². The molecule has 1 rings (SSSR count). The molecule has 4 heteroatoms. The molecule has 2 N–H and O–H groups in total. The molecule has 1 aromatic rings. The van der Waals surface area contributed by atoms with E-state index in [4.69, 9.17) is 11.0 Å². The van der Waals surface area contributed by atoms with Gasteiger partial charge in [-0.3, -0.25) is 0 Å². The summed E-state index contributed by atoms with van der Waals surface area (Å²) in [5.41, 5.74) is 7.98. The van der Waals surface area contributed by atoms with Crippen molar-refractivity contribution in [1.29, 1.82) is 5.26 Å². The van der Waals surface area contributed by atoms with Crippen LogP contribution in [0.4, 0.5) is 0 Å². The van der Waals surface area contributed by atoms with Crippen molar-refractivity contribution in [2.75, 3.05) is 0 Å². The number of nitrogens with zero attached hydrogens (tertiary/aromatic N) is 1. The van der Waals surface area contributed by atoms with Crippen LogP contribution >= 0.6 is 27.3 Å². The average molecular weight is 257 g/mol. The second kappa shape index (κ2) is 4.45. The first kappa shape index (κ1) is 10.3. The summed E-state index contributed by atoms with van der Waals surface area (Å²) >= 11 is 4.92. The Morgan fingerprint density at radius 3 is 2.85 bits per heavy atom. The minimum Gasteiger partial charge on any atom is -0.397 e. The quantitative estimate of drug-likeness (QED) is 0.827. The molecule has 1 aromatic heterocycles. The number of rotatable bonds is 2. The highest BCUT2D eigenvalue weighted by atomic mass is 79.9. The van der Waals surface area contributed by atoms with Gasteiger partial charge >= 0.3 is 0 Å². The van der Waals surface area contributed by atoms with Crippen molar-refractivity contribution in [3.05, 3.63) is 26.4 Å². The molecule has 0 fully saturated rings. The lowest BCUT2D eigenvalue weighted by molar-refractivity contribution is 1.15. The largest absolute Gasteiger partial charge is 0.397 e. The van der Waals surface area contributed by atoms with Gasteiger partial charge in [-0.2, -0.15) is 5.26 Å². The van der Waals surface area contributed by atoms with Gasteiger partial charge in [0, 0.05) is 10.9 Å². The highest BCUT2D eigenvalue weighted by molar-refractivity contribution is 9.11. The molecule has 0 saturated carbocycles. The summed E-state index contributed by atoms with van der Waals surface area (Å²) in [6, 6.07) is 4.03. The van der Waals surface area contributed by atoms with Crippen LogP contribution in [0.5, 0.6) is 0 Å². The molecule has 0 aliphatic rings. The molecule has 0 unspecified atom stereocenters. The summed E-state index contributed by atoms with van der Waals surface area (Å²) in [6.07, 6.45) is 0.676. The standard InChI is InChI=1S/C9H9BrN2S/c1-2-6(4-11)9(12)7-3-8(10)13-5-7/h3,5H,2,12H2,1H3. The van der Waals surface area contributed by atoms with Crippen LogP contribution < -0.4 is 5.73 Å². The van der Waals surface area contributed by atoms with E-state index in [1.807, 2.05) is 18.4 Å². The van der Waals surface area contributed by atoms with E-state index in [0.29, 0.717) is 17.7 Å². The van der Waals surface area contributed by atoms with Crippen molar-refractivity contribution < 1.29 is 0 Å². The number of thiophene rings is 1. The second-order valence-corrected chi connectivity index (χ2v) is 4.79. The van der Waals surface area contributed by atoms with Crippen LogP contribution in [0.25, 0.3) is 5.70 Å². The van der Waals surface area contributed by atoms with Gasteiger partial charge in [0.05, 0.1) is 21.1 Å². The van der Waals surface area contributed by atoms with Gasteiger partial charge in [-0.25, -0.2) is 0 Å². The van der Waals surface area contributed by atoms with E-state index in [1.165, 1.54) is 0 Å². The lowest BCUT2D eigenvalue weighted by Crippen LogP contribution is -1.98. The highest BCUT2D eigenvalue weighted by Crippen LogP contribution is 2.25. The maximum atomic E-state index is 8.77. The monoisotopic (exact) mass is 256 g/mol. The van der Waals surface area contributed by atoms with E-state index < -0.39 is 0 Å². The third-order valence-electron chi connectivity index (χ3n) is 1.69. The van der Waals surface area contributed by atoms with Crippen LogP contribution in [0.15, 0.2) is 20.8 Å². The first-order chi connectivity index (χ1) is 6.19. The summed E-state index contributed by atoms with van der Waals surface area (Å²) in [6.45, 7) is 1.92. The topological polar surface area (TPSA) is 49.8 Å². The van der Waals surface area contributed by atoms with Crippen molar-refractivity contribution in [2.24, 2.45) is 5.73 Å². The Balaban J connectivity index is 3.09. The van der Waals surface area contributed by atoms with E-state index in [2.05, 4.69) is 22.0 Å². The number of halogens is 1. The molecule has 0 atom stereocenters. The van der Waals surface area contributed by atoms with Gasteiger partial charge in [0.2, 0.25) is 0 Å². The Kier molecular flexibility index (Phi) is 3.52. The van der Waals surface area contributed by atoms with Crippen molar-refractivity contribution in [3.63, 3.8) is 0 Å². The lowest BCUT2D eigenvalue weighted by atomic mass is 10.1. The van der Waals surface area contributed by atoms with Crippen LogP contribution in [-0.2, 0) is 0 Å². The fourth-order valence-electron chi connectivity index (χ4n) is 0.955. The normalized spacial score (nSPS) is 12.1. The molecule has 2 nitrogen and oxygen atoms in total. The fourth-order valence-corrected chi connectivity index (χ4v) is 2.11. The zero-order chi connectivity index (χ0) is 9.84. The van der Waals surface area contributed by atoms with Gasteiger partial charge in [0.15, 0.2) is 0 Å². The number of hydrogen-bond acceptors (Lipinski definition) is 3. The Morgan fingerprint density at radius 2 is 2.46 bits per heavy atom. The molecule has 0 saturated heterocycles.